The molecule has 0 aliphatic carbocycles. The van der Waals surface area contributed by atoms with Gasteiger partial charge in [-0.15, -0.1) is 11.3 Å². The lowest BCUT2D eigenvalue weighted by Gasteiger charge is -2.07. The minimum absolute atomic E-state index is 0.00424. The zero-order chi connectivity index (χ0) is 17.9. The first-order valence-electron chi connectivity index (χ1n) is 8.70. The van der Waals surface area contributed by atoms with Crippen LogP contribution in [0.25, 0.3) is 22.0 Å². The first-order chi connectivity index (χ1) is 12.7. The van der Waals surface area contributed by atoms with Gasteiger partial charge in [0.25, 0.3) is 5.91 Å². The number of rotatable bonds is 5. The highest BCUT2D eigenvalue weighted by atomic mass is 32.1. The molecule has 0 saturated heterocycles. The van der Waals surface area contributed by atoms with E-state index in [0.29, 0.717) is 6.54 Å². The molecule has 3 nitrogen and oxygen atoms in total. The van der Waals surface area contributed by atoms with Gasteiger partial charge in [-0.2, -0.15) is 0 Å². The van der Waals surface area contributed by atoms with Crippen LogP contribution in [-0.4, -0.2) is 17.4 Å². The third-order valence-electron chi connectivity index (χ3n) is 4.59. The Bertz CT molecular complexity index is 1040. The Morgan fingerprint density at radius 3 is 2.73 bits per heavy atom. The lowest BCUT2D eigenvalue weighted by molar-refractivity contribution is 0.0959. The summed E-state index contributed by atoms with van der Waals surface area (Å²) in [5.74, 6) is -0.00424. The molecule has 0 aliphatic heterocycles. The number of fused-ring (bicyclic) bond motifs is 1. The van der Waals surface area contributed by atoms with Crippen LogP contribution in [0.4, 0.5) is 0 Å². The predicted octanol–water partition coefficient (Wildman–Crippen LogP) is 5.18. The fourth-order valence-electron chi connectivity index (χ4n) is 3.17. The van der Waals surface area contributed by atoms with Gasteiger partial charge in [0, 0.05) is 29.2 Å². The molecule has 0 spiro atoms. The van der Waals surface area contributed by atoms with E-state index < -0.39 is 0 Å². The summed E-state index contributed by atoms with van der Waals surface area (Å²) in [5.41, 5.74) is 5.66. The molecule has 1 amide bonds. The molecule has 0 radical (unpaired) electrons. The smallest absolute Gasteiger partial charge is 0.261 e. The Morgan fingerprint density at radius 1 is 1.08 bits per heavy atom. The highest BCUT2D eigenvalue weighted by molar-refractivity contribution is 7.12. The molecular formula is C22H20N2OS. The highest BCUT2D eigenvalue weighted by Gasteiger charge is 2.14. The van der Waals surface area contributed by atoms with Gasteiger partial charge in [0.1, 0.15) is 0 Å². The van der Waals surface area contributed by atoms with Crippen LogP contribution in [0.5, 0.6) is 0 Å². The topological polar surface area (TPSA) is 44.9 Å². The minimum atomic E-state index is -0.00424. The van der Waals surface area contributed by atoms with Gasteiger partial charge < -0.3 is 10.3 Å². The molecule has 0 bridgehead atoms. The van der Waals surface area contributed by atoms with E-state index in [0.717, 1.165) is 27.9 Å². The molecule has 0 aliphatic rings. The third kappa shape index (κ3) is 3.28. The summed E-state index contributed by atoms with van der Waals surface area (Å²) in [6.45, 7) is 2.68. The maximum Gasteiger partial charge on any atom is 0.261 e. The van der Waals surface area contributed by atoms with Crippen LogP contribution in [0, 0.1) is 6.92 Å². The van der Waals surface area contributed by atoms with Crippen molar-refractivity contribution < 1.29 is 4.79 Å². The van der Waals surface area contributed by atoms with Crippen molar-refractivity contribution in [1.29, 1.82) is 0 Å². The molecule has 2 aromatic carbocycles. The van der Waals surface area contributed by atoms with Gasteiger partial charge in [0.2, 0.25) is 0 Å². The van der Waals surface area contributed by atoms with Gasteiger partial charge >= 0.3 is 0 Å². The van der Waals surface area contributed by atoms with Gasteiger partial charge in [-0.05, 0) is 42.0 Å². The molecule has 2 heterocycles. The van der Waals surface area contributed by atoms with Crippen molar-refractivity contribution in [3.63, 3.8) is 0 Å². The van der Waals surface area contributed by atoms with E-state index in [2.05, 4.69) is 53.6 Å². The first kappa shape index (κ1) is 16.6. The van der Waals surface area contributed by atoms with Crippen molar-refractivity contribution in [3.05, 3.63) is 82.2 Å². The predicted molar refractivity (Wildman–Crippen MR) is 109 cm³/mol. The summed E-state index contributed by atoms with van der Waals surface area (Å²) in [6.07, 6.45) is 2.83. The van der Waals surface area contributed by atoms with E-state index in [-0.39, 0.29) is 5.91 Å². The molecule has 4 heteroatoms. The van der Waals surface area contributed by atoms with E-state index in [1.54, 1.807) is 0 Å². The highest BCUT2D eigenvalue weighted by Crippen LogP contribution is 2.28. The molecule has 0 fully saturated rings. The lowest BCUT2D eigenvalue weighted by atomic mass is 10.0. The zero-order valence-corrected chi connectivity index (χ0v) is 15.4. The molecule has 0 unspecified atom stereocenters. The Balaban J connectivity index is 1.44. The fourth-order valence-corrected chi connectivity index (χ4v) is 4.01. The van der Waals surface area contributed by atoms with Gasteiger partial charge in [-0.1, -0.05) is 48.0 Å². The number of carbonyl (C=O) groups excluding carboxylic acids is 1. The summed E-state index contributed by atoms with van der Waals surface area (Å²) in [6, 6.07) is 18.5. The summed E-state index contributed by atoms with van der Waals surface area (Å²) in [4.78, 5) is 16.7. The van der Waals surface area contributed by atoms with E-state index >= 15 is 0 Å². The second-order valence-electron chi connectivity index (χ2n) is 6.39. The van der Waals surface area contributed by atoms with Crippen molar-refractivity contribution in [2.75, 3.05) is 6.54 Å². The summed E-state index contributed by atoms with van der Waals surface area (Å²) >= 11 is 1.49. The normalized spacial score (nSPS) is 11.0. The number of amides is 1. The van der Waals surface area contributed by atoms with E-state index in [9.17, 15) is 4.79 Å². The average Bonchev–Trinajstić information content (AvgIpc) is 3.30. The van der Waals surface area contributed by atoms with Crippen molar-refractivity contribution >= 4 is 28.1 Å². The summed E-state index contributed by atoms with van der Waals surface area (Å²) in [7, 11) is 0. The largest absolute Gasteiger partial charge is 0.361 e. The van der Waals surface area contributed by atoms with E-state index in [1.165, 1.54) is 27.8 Å². The zero-order valence-electron chi connectivity index (χ0n) is 14.6. The van der Waals surface area contributed by atoms with Crippen molar-refractivity contribution in [3.8, 4) is 11.1 Å². The molecule has 2 aromatic heterocycles. The second kappa shape index (κ2) is 7.18. The SMILES string of the molecule is Cc1ccc(-c2ccsc2C(=O)NCCc2c[nH]c3ccccc23)cc1. The molecule has 4 rings (SSSR count). The minimum Gasteiger partial charge on any atom is -0.361 e. The van der Waals surface area contributed by atoms with Crippen LogP contribution in [0.1, 0.15) is 20.8 Å². The van der Waals surface area contributed by atoms with Crippen LogP contribution >= 0.6 is 11.3 Å². The standard InChI is InChI=1S/C22H20N2OS/c1-15-6-8-16(9-7-15)19-11-13-26-21(19)22(25)23-12-10-17-14-24-20-5-3-2-4-18(17)20/h2-9,11,13-14,24H,10,12H2,1H3,(H,23,25). The van der Waals surface area contributed by atoms with Gasteiger partial charge in [-0.25, -0.2) is 0 Å². The van der Waals surface area contributed by atoms with Gasteiger partial charge in [0.05, 0.1) is 4.88 Å². The lowest BCUT2D eigenvalue weighted by Crippen LogP contribution is -2.25. The number of aromatic amines is 1. The number of aromatic nitrogens is 1. The number of hydrogen-bond donors (Lipinski definition) is 2. The fraction of sp³-hybridized carbons (Fsp3) is 0.136. The van der Waals surface area contributed by atoms with E-state index in [4.69, 9.17) is 0 Å². The summed E-state index contributed by atoms with van der Waals surface area (Å²) < 4.78 is 0. The van der Waals surface area contributed by atoms with Gasteiger partial charge in [-0.3, -0.25) is 4.79 Å². The van der Waals surface area contributed by atoms with Gasteiger partial charge in [0.15, 0.2) is 0 Å². The molecule has 26 heavy (non-hydrogen) atoms. The molecular weight excluding hydrogens is 340 g/mol. The Labute approximate surface area is 156 Å². The van der Waals surface area contributed by atoms with Crippen LogP contribution in [0.3, 0.4) is 0 Å². The maximum atomic E-state index is 12.7. The van der Waals surface area contributed by atoms with Crippen molar-refractivity contribution in [2.45, 2.75) is 13.3 Å². The molecule has 130 valence electrons. The number of nitrogens with one attached hydrogen (secondary N) is 2. The number of H-pyrrole nitrogens is 1. The van der Waals surface area contributed by atoms with Crippen LogP contribution in [0.15, 0.2) is 66.2 Å². The van der Waals surface area contributed by atoms with Crippen LogP contribution in [0.2, 0.25) is 0 Å². The second-order valence-corrected chi connectivity index (χ2v) is 7.31. The number of aryl methyl sites for hydroxylation is 1. The Morgan fingerprint density at radius 2 is 1.88 bits per heavy atom. The van der Waals surface area contributed by atoms with Crippen molar-refractivity contribution in [1.82, 2.24) is 10.3 Å². The average molecular weight is 360 g/mol. The molecule has 2 N–H and O–H groups in total. The van der Waals surface area contributed by atoms with Crippen LogP contribution < -0.4 is 5.32 Å². The number of carbonyl (C=O) groups is 1. The number of para-hydroxylation sites is 1. The monoisotopic (exact) mass is 360 g/mol. The molecule has 0 saturated carbocycles. The Hall–Kier alpha value is -2.85. The quantitative estimate of drug-likeness (QED) is 0.506. The number of hydrogen-bond acceptors (Lipinski definition) is 2. The van der Waals surface area contributed by atoms with E-state index in [1.807, 2.05) is 29.8 Å². The Kier molecular flexibility index (Phi) is 4.59. The van der Waals surface area contributed by atoms with Crippen molar-refractivity contribution in [2.24, 2.45) is 0 Å². The summed E-state index contributed by atoms with van der Waals surface area (Å²) in [5, 5.41) is 6.26. The number of benzene rings is 2. The first-order valence-corrected chi connectivity index (χ1v) is 9.58. The maximum absolute atomic E-state index is 12.7. The molecule has 0 atom stereocenters. The third-order valence-corrected chi connectivity index (χ3v) is 5.50. The van der Waals surface area contributed by atoms with Crippen LogP contribution in [-0.2, 0) is 6.42 Å². The number of thiophene rings is 1. The molecule has 4 aromatic rings.